The molecule has 2 aromatic rings. The predicted octanol–water partition coefficient (Wildman–Crippen LogP) is 2.98. The Kier molecular flexibility index (Phi) is 6.55. The zero-order valence-corrected chi connectivity index (χ0v) is 17.1. The van der Waals surface area contributed by atoms with Gasteiger partial charge in [0.1, 0.15) is 6.54 Å². The molecule has 0 fully saturated rings. The van der Waals surface area contributed by atoms with Gasteiger partial charge in [0.05, 0.1) is 18.2 Å². The van der Waals surface area contributed by atoms with Crippen LogP contribution in [0.1, 0.15) is 16.7 Å². The minimum absolute atomic E-state index is 0.352. The number of nitrogens with one attached hydrogen (secondary N) is 1. The lowest BCUT2D eigenvalue weighted by atomic mass is 10.1. The summed E-state index contributed by atoms with van der Waals surface area (Å²) in [6, 6.07) is 12.8. The first kappa shape index (κ1) is 20.1. The van der Waals surface area contributed by atoms with E-state index in [1.54, 1.807) is 12.1 Å². The molecule has 0 saturated carbocycles. The van der Waals surface area contributed by atoms with Crippen molar-refractivity contribution < 1.29 is 13.2 Å². The van der Waals surface area contributed by atoms with E-state index in [4.69, 9.17) is 0 Å². The van der Waals surface area contributed by atoms with E-state index in [-0.39, 0.29) is 6.54 Å². The number of hydrazone groups is 1. The number of benzene rings is 2. The van der Waals surface area contributed by atoms with Crippen LogP contribution in [0.3, 0.4) is 0 Å². The van der Waals surface area contributed by atoms with Crippen LogP contribution in [0.25, 0.3) is 0 Å². The van der Waals surface area contributed by atoms with E-state index >= 15 is 0 Å². The lowest BCUT2D eigenvalue weighted by Gasteiger charge is -2.22. The number of carbonyl (C=O) groups excluding carboxylic acids is 1. The normalized spacial score (nSPS) is 11.5. The number of aryl methyl sites for hydroxylation is 2. The van der Waals surface area contributed by atoms with Gasteiger partial charge in [0.25, 0.3) is 5.91 Å². The highest BCUT2D eigenvalue weighted by Crippen LogP contribution is 2.21. The smallest absolute Gasteiger partial charge is 0.260 e. The third-order valence-corrected chi connectivity index (χ3v) is 5.34. The van der Waals surface area contributed by atoms with Crippen LogP contribution in [0.15, 0.2) is 52.0 Å². The number of rotatable bonds is 6. The summed E-state index contributed by atoms with van der Waals surface area (Å²) >= 11 is 3.38. The van der Waals surface area contributed by atoms with Crippen LogP contribution in [-0.2, 0) is 14.8 Å². The maximum absolute atomic E-state index is 12.2. The summed E-state index contributed by atoms with van der Waals surface area (Å²) in [6.07, 6.45) is 2.56. The van der Waals surface area contributed by atoms with Crippen molar-refractivity contribution in [3.05, 3.63) is 63.6 Å². The van der Waals surface area contributed by atoms with Gasteiger partial charge >= 0.3 is 0 Å². The highest BCUT2D eigenvalue weighted by atomic mass is 79.9. The average Bonchev–Trinajstić information content (AvgIpc) is 2.52. The molecular formula is C18H20BrN3O3S. The van der Waals surface area contributed by atoms with Crippen molar-refractivity contribution in [1.82, 2.24) is 5.43 Å². The van der Waals surface area contributed by atoms with E-state index in [0.717, 1.165) is 31.7 Å². The number of amides is 1. The zero-order chi connectivity index (χ0) is 19.3. The molecule has 0 atom stereocenters. The Bertz CT molecular complexity index is 922. The molecule has 0 radical (unpaired) electrons. The van der Waals surface area contributed by atoms with E-state index in [1.807, 2.05) is 44.2 Å². The summed E-state index contributed by atoms with van der Waals surface area (Å²) in [5.41, 5.74) is 5.45. The standard InChI is InChI=1S/C18H20BrN3O3S/c1-13-8-14(2)10-16(9-13)22(26(3,24)25)12-18(23)21-20-11-15-6-4-5-7-17(15)19/h4-11H,12H2,1-3H3,(H,21,23)/b20-11-. The van der Waals surface area contributed by atoms with Crippen molar-refractivity contribution in [2.24, 2.45) is 5.10 Å². The number of hydrogen-bond acceptors (Lipinski definition) is 4. The summed E-state index contributed by atoms with van der Waals surface area (Å²) in [4.78, 5) is 12.2. The lowest BCUT2D eigenvalue weighted by molar-refractivity contribution is -0.119. The number of hydrogen-bond donors (Lipinski definition) is 1. The first-order chi connectivity index (χ1) is 12.2. The molecule has 0 bridgehead atoms. The molecule has 138 valence electrons. The molecule has 26 heavy (non-hydrogen) atoms. The van der Waals surface area contributed by atoms with Crippen molar-refractivity contribution in [3.8, 4) is 0 Å². The van der Waals surface area contributed by atoms with Crippen molar-refractivity contribution in [2.45, 2.75) is 13.8 Å². The minimum atomic E-state index is -3.62. The van der Waals surface area contributed by atoms with Crippen LogP contribution in [0, 0.1) is 13.8 Å². The zero-order valence-electron chi connectivity index (χ0n) is 14.7. The monoisotopic (exact) mass is 437 g/mol. The van der Waals surface area contributed by atoms with Gasteiger partial charge in [-0.05, 0) is 43.2 Å². The maximum atomic E-state index is 12.2. The second-order valence-corrected chi connectivity index (χ2v) is 8.69. The second kappa shape index (κ2) is 8.46. The largest absolute Gasteiger partial charge is 0.271 e. The molecule has 0 heterocycles. The number of nitrogens with zero attached hydrogens (tertiary/aromatic N) is 2. The molecule has 0 spiro atoms. The van der Waals surface area contributed by atoms with Gasteiger partial charge in [0.15, 0.2) is 0 Å². The Morgan fingerprint density at radius 1 is 1.19 bits per heavy atom. The van der Waals surface area contributed by atoms with Crippen LogP contribution in [0.2, 0.25) is 0 Å². The molecule has 6 nitrogen and oxygen atoms in total. The molecule has 2 aromatic carbocycles. The number of sulfonamides is 1. The number of carbonyl (C=O) groups is 1. The van der Waals surface area contributed by atoms with Gasteiger partial charge < -0.3 is 0 Å². The summed E-state index contributed by atoms with van der Waals surface area (Å²) < 4.78 is 26.2. The maximum Gasteiger partial charge on any atom is 0.260 e. The molecule has 0 unspecified atom stereocenters. The average molecular weight is 438 g/mol. The fourth-order valence-electron chi connectivity index (χ4n) is 2.41. The van der Waals surface area contributed by atoms with Crippen molar-refractivity contribution >= 4 is 43.8 Å². The molecule has 2 rings (SSSR count). The van der Waals surface area contributed by atoms with Crippen LogP contribution in [0.4, 0.5) is 5.69 Å². The quantitative estimate of drug-likeness (QED) is 0.557. The Balaban J connectivity index is 2.14. The van der Waals surface area contributed by atoms with Gasteiger partial charge in [-0.2, -0.15) is 5.10 Å². The van der Waals surface area contributed by atoms with Gasteiger partial charge in [0.2, 0.25) is 10.0 Å². The third kappa shape index (κ3) is 5.67. The van der Waals surface area contributed by atoms with Crippen molar-refractivity contribution in [3.63, 3.8) is 0 Å². The molecule has 0 aliphatic heterocycles. The Labute approximate surface area is 162 Å². The second-order valence-electron chi connectivity index (χ2n) is 5.93. The molecule has 1 N–H and O–H groups in total. The van der Waals surface area contributed by atoms with Gasteiger partial charge in [0, 0.05) is 10.0 Å². The molecule has 0 saturated heterocycles. The Morgan fingerprint density at radius 3 is 2.38 bits per heavy atom. The predicted molar refractivity (Wildman–Crippen MR) is 108 cm³/mol. The van der Waals surface area contributed by atoms with Gasteiger partial charge in [-0.3, -0.25) is 9.10 Å². The first-order valence-corrected chi connectivity index (χ1v) is 10.4. The van der Waals surface area contributed by atoms with Crippen LogP contribution in [-0.4, -0.2) is 33.3 Å². The van der Waals surface area contributed by atoms with Crippen molar-refractivity contribution in [1.29, 1.82) is 0 Å². The summed E-state index contributed by atoms with van der Waals surface area (Å²) in [7, 11) is -3.62. The fraction of sp³-hybridized carbons (Fsp3) is 0.222. The molecule has 0 aromatic heterocycles. The molecular weight excluding hydrogens is 418 g/mol. The summed E-state index contributed by atoms with van der Waals surface area (Å²) in [6.45, 7) is 3.40. The molecule has 1 amide bonds. The fourth-order valence-corrected chi connectivity index (χ4v) is 3.64. The van der Waals surface area contributed by atoms with Gasteiger partial charge in [-0.15, -0.1) is 0 Å². The topological polar surface area (TPSA) is 78.8 Å². The van der Waals surface area contributed by atoms with E-state index in [2.05, 4.69) is 26.5 Å². The van der Waals surface area contributed by atoms with E-state index < -0.39 is 15.9 Å². The molecule has 0 aliphatic carbocycles. The highest BCUT2D eigenvalue weighted by Gasteiger charge is 2.21. The van der Waals surface area contributed by atoms with E-state index in [1.165, 1.54) is 6.21 Å². The first-order valence-electron chi connectivity index (χ1n) is 7.79. The van der Waals surface area contributed by atoms with Crippen LogP contribution in [0.5, 0.6) is 0 Å². The SMILES string of the molecule is Cc1cc(C)cc(N(CC(=O)N/N=C\c2ccccc2Br)S(C)(=O)=O)c1. The summed E-state index contributed by atoms with van der Waals surface area (Å²) in [5.74, 6) is -0.530. The van der Waals surface area contributed by atoms with E-state index in [9.17, 15) is 13.2 Å². The van der Waals surface area contributed by atoms with Crippen LogP contribution < -0.4 is 9.73 Å². The molecule has 8 heteroatoms. The minimum Gasteiger partial charge on any atom is -0.271 e. The lowest BCUT2D eigenvalue weighted by Crippen LogP contribution is -2.39. The van der Waals surface area contributed by atoms with E-state index in [0.29, 0.717) is 5.69 Å². The van der Waals surface area contributed by atoms with Gasteiger partial charge in [-0.25, -0.2) is 13.8 Å². The van der Waals surface area contributed by atoms with Crippen LogP contribution >= 0.6 is 15.9 Å². The summed E-state index contributed by atoms with van der Waals surface area (Å²) in [5, 5.41) is 3.89. The molecule has 0 aliphatic rings. The van der Waals surface area contributed by atoms with Crippen molar-refractivity contribution in [2.75, 3.05) is 17.1 Å². The Hall–Kier alpha value is -2.19. The van der Waals surface area contributed by atoms with Gasteiger partial charge in [-0.1, -0.05) is 40.2 Å². The highest BCUT2D eigenvalue weighted by molar-refractivity contribution is 9.10. The number of anilines is 1. The number of halogens is 1. The third-order valence-electron chi connectivity index (χ3n) is 3.48. The Morgan fingerprint density at radius 2 is 1.81 bits per heavy atom.